The second-order valence-electron chi connectivity index (χ2n) is 8.86. The van der Waals surface area contributed by atoms with Gasteiger partial charge in [0, 0.05) is 11.5 Å². The first-order valence-corrected chi connectivity index (χ1v) is 13.2. The van der Waals surface area contributed by atoms with Crippen molar-refractivity contribution in [3.63, 3.8) is 0 Å². The number of ether oxygens (including phenoxy) is 2. The molecule has 32 heavy (non-hydrogen) atoms. The summed E-state index contributed by atoms with van der Waals surface area (Å²) in [6.45, 7) is 5.44. The fourth-order valence-corrected chi connectivity index (χ4v) is 6.65. The van der Waals surface area contributed by atoms with Crippen LogP contribution in [0.4, 0.5) is 5.69 Å². The minimum Gasteiger partial charge on any atom is -0.488 e. The van der Waals surface area contributed by atoms with Gasteiger partial charge in [0.2, 0.25) is 5.90 Å². The van der Waals surface area contributed by atoms with E-state index in [1.54, 1.807) is 12.1 Å². The molecule has 0 amide bonds. The van der Waals surface area contributed by atoms with Gasteiger partial charge in [-0.15, -0.1) is 11.6 Å². The van der Waals surface area contributed by atoms with Crippen molar-refractivity contribution in [2.75, 3.05) is 17.9 Å². The van der Waals surface area contributed by atoms with E-state index in [1.807, 2.05) is 6.07 Å². The van der Waals surface area contributed by atoms with Crippen LogP contribution in [0.5, 0.6) is 5.75 Å². The van der Waals surface area contributed by atoms with Crippen LogP contribution in [0.3, 0.4) is 0 Å². The van der Waals surface area contributed by atoms with Gasteiger partial charge in [-0.1, -0.05) is 31.5 Å². The zero-order valence-corrected chi connectivity index (χ0v) is 20.5. The molecule has 0 radical (unpaired) electrons. The van der Waals surface area contributed by atoms with E-state index in [0.717, 1.165) is 12.8 Å². The quantitative estimate of drug-likeness (QED) is 0.530. The van der Waals surface area contributed by atoms with Crippen LogP contribution < -0.4 is 9.46 Å². The number of benzene rings is 1. The Hall–Kier alpha value is -1.70. The maximum atomic E-state index is 13.3. The molecular weight excluding hydrogens is 471 g/mol. The predicted molar refractivity (Wildman–Crippen MR) is 129 cm³/mol. The summed E-state index contributed by atoms with van der Waals surface area (Å²) < 4.78 is 41.3. The van der Waals surface area contributed by atoms with E-state index >= 15 is 0 Å². The molecular formula is C23H28Cl2N2O4S. The predicted octanol–water partition coefficient (Wildman–Crippen LogP) is 5.43. The lowest BCUT2D eigenvalue weighted by atomic mass is 9.82. The van der Waals surface area contributed by atoms with Crippen molar-refractivity contribution in [1.82, 2.24) is 0 Å². The summed E-state index contributed by atoms with van der Waals surface area (Å²) in [4.78, 5) is 4.41. The third-order valence-corrected chi connectivity index (χ3v) is 7.74. The average molecular weight is 499 g/mol. The molecule has 3 aliphatic rings. The second-order valence-corrected chi connectivity index (χ2v) is 11.6. The molecule has 1 saturated carbocycles. The Morgan fingerprint density at radius 2 is 1.94 bits per heavy atom. The molecule has 1 aliphatic heterocycles. The number of hydrogen-bond acceptors (Lipinski definition) is 5. The molecule has 1 aromatic rings. The highest BCUT2D eigenvalue weighted by Crippen LogP contribution is 2.37. The zero-order chi connectivity index (χ0) is 22.9. The fourth-order valence-electron chi connectivity index (χ4n) is 4.61. The van der Waals surface area contributed by atoms with Gasteiger partial charge in [0.25, 0.3) is 10.0 Å². The smallest absolute Gasteiger partial charge is 0.261 e. The maximum absolute atomic E-state index is 13.3. The van der Waals surface area contributed by atoms with Crippen molar-refractivity contribution in [2.45, 2.75) is 51.0 Å². The second kappa shape index (κ2) is 9.65. The molecule has 1 aromatic carbocycles. The average Bonchev–Trinajstić information content (AvgIpc) is 3.22. The molecule has 174 valence electrons. The van der Waals surface area contributed by atoms with E-state index in [4.69, 9.17) is 32.7 Å². The van der Waals surface area contributed by atoms with Crippen LogP contribution in [0, 0.1) is 11.8 Å². The largest absolute Gasteiger partial charge is 0.488 e. The standard InChI is InChI=1S/C23H28Cl2N2O4S/c1-14-8-15(2)10-18(9-14)31-21-5-3-4-20(23-26-6-7-30-23)22(21)27-32(28,29)19-12-16(24)11-17(25)13-19/h3-5,12-16,18,27H,6-11H2,1-2H3. The van der Waals surface area contributed by atoms with Gasteiger partial charge in [0.1, 0.15) is 18.0 Å². The number of alkyl halides is 1. The van der Waals surface area contributed by atoms with Crippen molar-refractivity contribution >= 4 is 44.8 Å². The van der Waals surface area contributed by atoms with Crippen LogP contribution >= 0.6 is 23.2 Å². The van der Waals surface area contributed by atoms with E-state index in [-0.39, 0.29) is 11.0 Å². The Kier molecular flexibility index (Phi) is 7.08. The van der Waals surface area contributed by atoms with Crippen molar-refractivity contribution in [3.05, 3.63) is 45.9 Å². The van der Waals surface area contributed by atoms with Crippen molar-refractivity contribution in [2.24, 2.45) is 16.8 Å². The molecule has 9 heteroatoms. The van der Waals surface area contributed by atoms with Crippen LogP contribution in [0.25, 0.3) is 0 Å². The molecule has 4 rings (SSSR count). The summed E-state index contributed by atoms with van der Waals surface area (Å²) >= 11 is 12.3. The van der Waals surface area contributed by atoms with Crippen molar-refractivity contribution < 1.29 is 17.9 Å². The Balaban J connectivity index is 1.70. The van der Waals surface area contributed by atoms with Crippen molar-refractivity contribution in [1.29, 1.82) is 0 Å². The summed E-state index contributed by atoms with van der Waals surface area (Å²) in [5.74, 6) is 1.97. The molecule has 3 atom stereocenters. The van der Waals surface area contributed by atoms with E-state index in [0.29, 0.717) is 59.3 Å². The number of aliphatic imine (C=N–C) groups is 1. The van der Waals surface area contributed by atoms with E-state index < -0.39 is 15.4 Å². The molecule has 2 aliphatic carbocycles. The number of para-hydroxylation sites is 1. The summed E-state index contributed by atoms with van der Waals surface area (Å²) in [5.41, 5.74) is 0.871. The molecule has 0 saturated heterocycles. The lowest BCUT2D eigenvalue weighted by molar-refractivity contribution is 0.102. The lowest BCUT2D eigenvalue weighted by Gasteiger charge is -2.32. The van der Waals surface area contributed by atoms with Gasteiger partial charge >= 0.3 is 0 Å². The highest BCUT2D eigenvalue weighted by molar-refractivity contribution is 7.96. The maximum Gasteiger partial charge on any atom is 0.261 e. The number of rotatable bonds is 6. The number of anilines is 1. The number of hydrogen-bond donors (Lipinski definition) is 1. The van der Waals surface area contributed by atoms with E-state index in [9.17, 15) is 8.42 Å². The highest BCUT2D eigenvalue weighted by atomic mass is 35.5. The molecule has 3 unspecified atom stereocenters. The minimum absolute atomic E-state index is 0.00847. The SMILES string of the molecule is CC1CC(C)CC(Oc2cccc(C3=NCCO3)c2NS(=O)(=O)C2=CC(Cl)CC(Cl)=C2)C1. The summed E-state index contributed by atoms with van der Waals surface area (Å²) in [6.07, 6.45) is 6.35. The molecule has 1 fully saturated rings. The van der Waals surface area contributed by atoms with Crippen LogP contribution in [-0.2, 0) is 14.8 Å². The van der Waals surface area contributed by atoms with Gasteiger partial charge < -0.3 is 9.47 Å². The number of sulfonamides is 1. The fraction of sp³-hybridized carbons (Fsp3) is 0.522. The van der Waals surface area contributed by atoms with Gasteiger partial charge in [0.15, 0.2) is 0 Å². The number of nitrogens with zero attached hydrogens (tertiary/aromatic N) is 1. The topological polar surface area (TPSA) is 77.0 Å². The summed E-state index contributed by atoms with van der Waals surface area (Å²) in [7, 11) is -3.96. The Bertz CT molecular complexity index is 1060. The molecule has 0 bridgehead atoms. The number of nitrogens with one attached hydrogen (secondary N) is 1. The first kappa shape index (κ1) is 23.5. The summed E-state index contributed by atoms with van der Waals surface area (Å²) in [5, 5.41) is -0.0934. The molecule has 0 spiro atoms. The highest BCUT2D eigenvalue weighted by Gasteiger charge is 2.30. The van der Waals surface area contributed by atoms with Crippen molar-refractivity contribution in [3.8, 4) is 5.75 Å². The monoisotopic (exact) mass is 498 g/mol. The van der Waals surface area contributed by atoms with Gasteiger partial charge in [-0.2, -0.15) is 0 Å². The third kappa shape index (κ3) is 5.43. The number of allylic oxidation sites excluding steroid dienone is 3. The molecule has 1 heterocycles. The van der Waals surface area contributed by atoms with Crippen LogP contribution in [0.1, 0.15) is 45.1 Å². The van der Waals surface area contributed by atoms with E-state index in [2.05, 4.69) is 23.6 Å². The van der Waals surface area contributed by atoms with E-state index in [1.165, 1.54) is 18.6 Å². The van der Waals surface area contributed by atoms with Gasteiger partial charge in [0.05, 0.1) is 28.5 Å². The third-order valence-electron chi connectivity index (χ3n) is 5.85. The Morgan fingerprint density at radius 1 is 1.19 bits per heavy atom. The molecule has 0 aromatic heterocycles. The first-order valence-electron chi connectivity index (χ1n) is 10.9. The van der Waals surface area contributed by atoms with Gasteiger partial charge in [-0.25, -0.2) is 13.4 Å². The zero-order valence-electron chi connectivity index (χ0n) is 18.2. The molecule has 6 nitrogen and oxygen atoms in total. The lowest BCUT2D eigenvalue weighted by Crippen LogP contribution is -2.29. The number of halogens is 2. The first-order chi connectivity index (χ1) is 15.2. The summed E-state index contributed by atoms with van der Waals surface area (Å²) in [6, 6.07) is 5.39. The molecule has 1 N–H and O–H groups in total. The van der Waals surface area contributed by atoms with Crippen LogP contribution in [-0.4, -0.2) is 38.9 Å². The van der Waals surface area contributed by atoms with Crippen LogP contribution in [0.15, 0.2) is 45.3 Å². The Labute approximate surface area is 199 Å². The van der Waals surface area contributed by atoms with Gasteiger partial charge in [-0.3, -0.25) is 4.72 Å². The minimum atomic E-state index is -3.96. The van der Waals surface area contributed by atoms with Crippen LogP contribution in [0.2, 0.25) is 0 Å². The van der Waals surface area contributed by atoms with Gasteiger partial charge in [-0.05, 0) is 55.4 Å². The Morgan fingerprint density at radius 3 is 2.59 bits per heavy atom. The normalized spacial score (nSPS) is 28.3.